The Balaban J connectivity index is 1.72. The Bertz CT molecular complexity index is 376. The number of nitrogens with zero attached hydrogens (tertiary/aromatic N) is 2. The zero-order valence-electron chi connectivity index (χ0n) is 11.5. The number of rotatable bonds is 2. The Morgan fingerprint density at radius 2 is 2.22 bits per heavy atom. The molecule has 3 heteroatoms. The van der Waals surface area contributed by atoms with Gasteiger partial charge in [-0.15, -0.1) is 11.3 Å². The molecule has 1 aromatic rings. The van der Waals surface area contributed by atoms with Gasteiger partial charge in [-0.1, -0.05) is 12.5 Å². The summed E-state index contributed by atoms with van der Waals surface area (Å²) >= 11 is 1.90. The van der Waals surface area contributed by atoms with Crippen molar-refractivity contribution in [2.45, 2.75) is 51.2 Å². The van der Waals surface area contributed by atoms with E-state index in [1.807, 2.05) is 11.3 Å². The van der Waals surface area contributed by atoms with Crippen molar-refractivity contribution in [1.82, 2.24) is 9.80 Å². The van der Waals surface area contributed by atoms with Crippen LogP contribution in [-0.4, -0.2) is 41.5 Å². The van der Waals surface area contributed by atoms with Crippen molar-refractivity contribution in [1.29, 1.82) is 0 Å². The first-order valence-corrected chi connectivity index (χ1v) is 8.17. The van der Waals surface area contributed by atoms with E-state index in [0.29, 0.717) is 12.1 Å². The summed E-state index contributed by atoms with van der Waals surface area (Å²) < 4.78 is 0. The maximum Gasteiger partial charge on any atom is 0.0417 e. The fourth-order valence-corrected chi connectivity index (χ4v) is 4.41. The summed E-state index contributed by atoms with van der Waals surface area (Å²) in [6.45, 7) is 8.63. The topological polar surface area (TPSA) is 6.48 Å². The second kappa shape index (κ2) is 5.32. The largest absolute Gasteiger partial charge is 0.298 e. The average molecular weight is 264 g/mol. The van der Waals surface area contributed by atoms with E-state index in [9.17, 15) is 0 Å². The first-order valence-electron chi connectivity index (χ1n) is 7.29. The van der Waals surface area contributed by atoms with Crippen LogP contribution in [0.4, 0.5) is 0 Å². The van der Waals surface area contributed by atoms with Gasteiger partial charge in [0.05, 0.1) is 0 Å². The third kappa shape index (κ3) is 2.36. The quantitative estimate of drug-likeness (QED) is 0.808. The van der Waals surface area contributed by atoms with E-state index in [1.165, 1.54) is 43.8 Å². The van der Waals surface area contributed by atoms with E-state index >= 15 is 0 Å². The second-order valence-electron chi connectivity index (χ2n) is 5.88. The van der Waals surface area contributed by atoms with Crippen LogP contribution in [0, 0.1) is 0 Å². The standard InChI is InChI=1S/C15H24N2S/c1-12-10-16-8-4-3-6-14(16)11-17(12)13(2)15-7-5-9-18-15/h5,7,9,12-14H,3-4,6,8,10-11H2,1-2H3. The molecule has 2 nitrogen and oxygen atoms in total. The molecule has 3 rings (SSSR count). The molecule has 2 aliphatic rings. The van der Waals surface area contributed by atoms with Gasteiger partial charge in [-0.3, -0.25) is 9.80 Å². The SMILES string of the molecule is CC1CN2CCCCC2CN1C(C)c1cccs1. The molecule has 2 saturated heterocycles. The molecular formula is C15H24N2S. The molecule has 3 heterocycles. The van der Waals surface area contributed by atoms with Crippen LogP contribution in [0.5, 0.6) is 0 Å². The maximum atomic E-state index is 2.73. The first kappa shape index (κ1) is 12.6. The van der Waals surface area contributed by atoms with Gasteiger partial charge in [0.2, 0.25) is 0 Å². The van der Waals surface area contributed by atoms with E-state index in [-0.39, 0.29) is 0 Å². The van der Waals surface area contributed by atoms with E-state index < -0.39 is 0 Å². The fourth-order valence-electron chi connectivity index (χ4n) is 3.61. The van der Waals surface area contributed by atoms with E-state index in [1.54, 1.807) is 0 Å². The lowest BCUT2D eigenvalue weighted by Crippen LogP contribution is -2.58. The van der Waals surface area contributed by atoms with Gasteiger partial charge in [-0.25, -0.2) is 0 Å². The highest BCUT2D eigenvalue weighted by atomic mass is 32.1. The number of piperazine rings is 1. The van der Waals surface area contributed by atoms with Crippen molar-refractivity contribution >= 4 is 11.3 Å². The van der Waals surface area contributed by atoms with Crippen molar-refractivity contribution in [2.75, 3.05) is 19.6 Å². The molecule has 0 bridgehead atoms. The summed E-state index contributed by atoms with van der Waals surface area (Å²) in [5, 5.41) is 2.20. The Morgan fingerprint density at radius 1 is 1.33 bits per heavy atom. The van der Waals surface area contributed by atoms with Gasteiger partial charge in [-0.2, -0.15) is 0 Å². The van der Waals surface area contributed by atoms with Crippen LogP contribution in [0.3, 0.4) is 0 Å². The highest BCUT2D eigenvalue weighted by molar-refractivity contribution is 7.10. The van der Waals surface area contributed by atoms with Crippen molar-refractivity contribution in [3.05, 3.63) is 22.4 Å². The van der Waals surface area contributed by atoms with Crippen molar-refractivity contribution in [3.63, 3.8) is 0 Å². The number of fused-ring (bicyclic) bond motifs is 1. The monoisotopic (exact) mass is 264 g/mol. The minimum Gasteiger partial charge on any atom is -0.298 e. The molecule has 100 valence electrons. The molecule has 1 aromatic heterocycles. The normalized spacial score (nSPS) is 32.1. The van der Waals surface area contributed by atoms with Crippen LogP contribution in [0.15, 0.2) is 17.5 Å². The van der Waals surface area contributed by atoms with Crippen LogP contribution in [0.25, 0.3) is 0 Å². The molecule has 3 atom stereocenters. The van der Waals surface area contributed by atoms with Crippen LogP contribution < -0.4 is 0 Å². The minimum absolute atomic E-state index is 0.587. The Kier molecular flexibility index (Phi) is 3.73. The van der Waals surface area contributed by atoms with Gasteiger partial charge >= 0.3 is 0 Å². The molecule has 0 aliphatic carbocycles. The third-order valence-electron chi connectivity index (χ3n) is 4.69. The number of hydrogen-bond donors (Lipinski definition) is 0. The highest BCUT2D eigenvalue weighted by Crippen LogP contribution is 2.32. The van der Waals surface area contributed by atoms with Gasteiger partial charge < -0.3 is 0 Å². The minimum atomic E-state index is 0.587. The van der Waals surface area contributed by atoms with Crippen molar-refractivity contribution < 1.29 is 0 Å². The molecule has 3 unspecified atom stereocenters. The molecule has 2 aliphatic heterocycles. The summed E-state index contributed by atoms with van der Waals surface area (Å²) in [5.41, 5.74) is 0. The van der Waals surface area contributed by atoms with Crippen LogP contribution in [0.2, 0.25) is 0 Å². The second-order valence-corrected chi connectivity index (χ2v) is 6.86. The van der Waals surface area contributed by atoms with Gasteiger partial charge in [0, 0.05) is 36.1 Å². The van der Waals surface area contributed by atoms with Crippen molar-refractivity contribution in [2.24, 2.45) is 0 Å². The fraction of sp³-hybridized carbons (Fsp3) is 0.733. The molecule has 18 heavy (non-hydrogen) atoms. The summed E-state index contributed by atoms with van der Waals surface area (Å²) in [6.07, 6.45) is 4.24. The van der Waals surface area contributed by atoms with Crippen LogP contribution in [-0.2, 0) is 0 Å². The molecule has 0 radical (unpaired) electrons. The van der Waals surface area contributed by atoms with Gasteiger partial charge in [0.1, 0.15) is 0 Å². The molecule has 0 amide bonds. The van der Waals surface area contributed by atoms with E-state index in [4.69, 9.17) is 0 Å². The van der Waals surface area contributed by atoms with Crippen LogP contribution >= 0.6 is 11.3 Å². The first-order chi connectivity index (χ1) is 8.75. The molecule has 0 N–H and O–H groups in total. The average Bonchev–Trinajstić information content (AvgIpc) is 2.91. The molecular weight excluding hydrogens is 240 g/mol. The lowest BCUT2D eigenvalue weighted by atomic mass is 9.96. The summed E-state index contributed by atoms with van der Waals surface area (Å²) in [7, 11) is 0. The predicted octanol–water partition coefficient (Wildman–Crippen LogP) is 3.37. The van der Waals surface area contributed by atoms with E-state index in [2.05, 4.69) is 41.2 Å². The molecule has 2 fully saturated rings. The Labute approximate surface area is 115 Å². The van der Waals surface area contributed by atoms with Gasteiger partial charge in [0.15, 0.2) is 0 Å². The lowest BCUT2D eigenvalue weighted by molar-refractivity contribution is -0.00388. The number of hydrogen-bond acceptors (Lipinski definition) is 3. The third-order valence-corrected chi connectivity index (χ3v) is 5.73. The number of thiophene rings is 1. The van der Waals surface area contributed by atoms with Crippen molar-refractivity contribution in [3.8, 4) is 0 Å². The zero-order chi connectivity index (χ0) is 12.5. The molecule has 0 saturated carbocycles. The summed E-state index contributed by atoms with van der Waals surface area (Å²) in [5.74, 6) is 0. The smallest absolute Gasteiger partial charge is 0.0417 e. The molecule has 0 aromatic carbocycles. The highest BCUT2D eigenvalue weighted by Gasteiger charge is 2.35. The van der Waals surface area contributed by atoms with Crippen LogP contribution in [0.1, 0.15) is 44.0 Å². The predicted molar refractivity (Wildman–Crippen MR) is 78.1 cm³/mol. The zero-order valence-corrected chi connectivity index (χ0v) is 12.3. The summed E-state index contributed by atoms with van der Waals surface area (Å²) in [4.78, 5) is 6.97. The van der Waals surface area contributed by atoms with E-state index in [0.717, 1.165) is 6.04 Å². The van der Waals surface area contributed by atoms with Gasteiger partial charge in [0.25, 0.3) is 0 Å². The maximum absolute atomic E-state index is 2.73. The lowest BCUT2D eigenvalue weighted by Gasteiger charge is -2.49. The number of piperidine rings is 1. The summed E-state index contributed by atoms with van der Waals surface area (Å²) in [6, 6.07) is 6.56. The Hall–Kier alpha value is -0.380. The Morgan fingerprint density at radius 3 is 3.00 bits per heavy atom. The van der Waals surface area contributed by atoms with Gasteiger partial charge in [-0.05, 0) is 44.7 Å². The molecule has 0 spiro atoms.